The van der Waals surface area contributed by atoms with Gasteiger partial charge in [-0.1, -0.05) is 61.0 Å². The molecule has 1 N–H and O–H groups in total. The molecule has 1 unspecified atom stereocenters. The molecule has 0 aliphatic carbocycles. The predicted molar refractivity (Wildman–Crippen MR) is 137 cm³/mol. The summed E-state index contributed by atoms with van der Waals surface area (Å²) in [7, 11) is 0. The summed E-state index contributed by atoms with van der Waals surface area (Å²) in [5.74, 6) is -0.627. The summed E-state index contributed by atoms with van der Waals surface area (Å²) in [5, 5.41) is 4.73. The summed E-state index contributed by atoms with van der Waals surface area (Å²) >= 11 is 6.00. The largest absolute Gasteiger partial charge is 0.449 e. The lowest BCUT2D eigenvalue weighted by Gasteiger charge is -2.17. The van der Waals surface area contributed by atoms with Crippen LogP contribution in [0.15, 0.2) is 89.3 Å². The zero-order valence-corrected chi connectivity index (χ0v) is 19.6. The quantitative estimate of drug-likeness (QED) is 0.266. The van der Waals surface area contributed by atoms with Crippen LogP contribution in [0.2, 0.25) is 5.02 Å². The highest BCUT2D eigenvalue weighted by Crippen LogP contribution is 2.33. The van der Waals surface area contributed by atoms with Crippen LogP contribution >= 0.6 is 11.6 Å². The van der Waals surface area contributed by atoms with Crippen molar-refractivity contribution in [1.82, 2.24) is 4.98 Å². The zero-order chi connectivity index (χ0) is 24.4. The highest BCUT2D eigenvalue weighted by atomic mass is 35.5. The standard InChI is InChI=1S/C28H21ClN2O4/c1-2-23(26(32)30-19-11-7-10-18(29)16-19)35-28(33)21-13-6-9-17-8-5-12-20(25(17)21)27-31-22-14-3-4-15-24(22)34-27/h3-16,23H,2H2,1H3,(H,30,32). The molecule has 174 valence electrons. The molecule has 1 atom stereocenters. The summed E-state index contributed by atoms with van der Waals surface area (Å²) in [4.78, 5) is 30.7. The van der Waals surface area contributed by atoms with Crippen molar-refractivity contribution in [3.63, 3.8) is 0 Å². The number of para-hydroxylation sites is 2. The predicted octanol–water partition coefficient (Wildman–Crippen LogP) is 6.88. The van der Waals surface area contributed by atoms with E-state index in [4.69, 9.17) is 20.8 Å². The van der Waals surface area contributed by atoms with E-state index in [1.807, 2.05) is 48.5 Å². The number of fused-ring (bicyclic) bond motifs is 2. The van der Waals surface area contributed by atoms with Crippen LogP contribution in [0.4, 0.5) is 5.69 Å². The fourth-order valence-corrected chi connectivity index (χ4v) is 4.17. The number of hydrogen-bond acceptors (Lipinski definition) is 5. The van der Waals surface area contributed by atoms with Gasteiger partial charge < -0.3 is 14.5 Å². The van der Waals surface area contributed by atoms with Crippen molar-refractivity contribution < 1.29 is 18.7 Å². The Morgan fingerprint density at radius 2 is 1.77 bits per heavy atom. The molecule has 35 heavy (non-hydrogen) atoms. The molecule has 1 aromatic heterocycles. The molecule has 0 fully saturated rings. The lowest BCUT2D eigenvalue weighted by Crippen LogP contribution is -2.32. The average Bonchev–Trinajstić information content (AvgIpc) is 3.30. The Morgan fingerprint density at radius 3 is 2.54 bits per heavy atom. The monoisotopic (exact) mass is 484 g/mol. The molecule has 0 aliphatic heterocycles. The number of rotatable bonds is 6. The number of aromatic nitrogens is 1. The maximum atomic E-state index is 13.3. The van der Waals surface area contributed by atoms with Gasteiger partial charge in [0.2, 0.25) is 5.89 Å². The number of benzene rings is 4. The number of nitrogens with zero attached hydrogens (tertiary/aromatic N) is 1. The maximum Gasteiger partial charge on any atom is 0.339 e. The van der Waals surface area contributed by atoms with Gasteiger partial charge in [-0.15, -0.1) is 0 Å². The molecule has 0 aliphatic rings. The minimum Gasteiger partial charge on any atom is -0.449 e. The van der Waals surface area contributed by atoms with Gasteiger partial charge in [0.05, 0.1) is 5.56 Å². The third-order valence-corrected chi connectivity index (χ3v) is 5.89. The van der Waals surface area contributed by atoms with E-state index in [1.165, 1.54) is 0 Å². The second-order valence-corrected chi connectivity index (χ2v) is 8.43. The Hall–Kier alpha value is -4.16. The highest BCUT2D eigenvalue weighted by Gasteiger charge is 2.25. The van der Waals surface area contributed by atoms with E-state index in [9.17, 15) is 9.59 Å². The number of nitrogens with one attached hydrogen (secondary N) is 1. The molecule has 0 saturated heterocycles. The van der Waals surface area contributed by atoms with Gasteiger partial charge in [-0.25, -0.2) is 9.78 Å². The third kappa shape index (κ3) is 4.61. The van der Waals surface area contributed by atoms with Crippen LogP contribution in [0.25, 0.3) is 33.3 Å². The lowest BCUT2D eigenvalue weighted by molar-refractivity contribution is -0.124. The highest BCUT2D eigenvalue weighted by molar-refractivity contribution is 6.30. The number of hydrogen-bond donors (Lipinski definition) is 1. The molecule has 0 bridgehead atoms. The van der Waals surface area contributed by atoms with Crippen molar-refractivity contribution in [2.75, 3.05) is 5.32 Å². The Balaban J connectivity index is 1.48. The molecular weight excluding hydrogens is 464 g/mol. The van der Waals surface area contributed by atoms with Gasteiger partial charge in [-0.3, -0.25) is 4.79 Å². The van der Waals surface area contributed by atoms with E-state index in [1.54, 1.807) is 43.3 Å². The van der Waals surface area contributed by atoms with Crippen LogP contribution in [0, 0.1) is 0 Å². The first kappa shape index (κ1) is 22.6. The van der Waals surface area contributed by atoms with E-state index in [0.717, 1.165) is 10.9 Å². The number of esters is 1. The first-order valence-electron chi connectivity index (χ1n) is 11.2. The van der Waals surface area contributed by atoms with Crippen molar-refractivity contribution in [2.45, 2.75) is 19.4 Å². The molecule has 0 spiro atoms. The van der Waals surface area contributed by atoms with Gasteiger partial charge in [-0.05, 0) is 54.3 Å². The van der Waals surface area contributed by atoms with Crippen LogP contribution in [0.1, 0.15) is 23.7 Å². The number of carbonyl (C=O) groups is 2. The van der Waals surface area contributed by atoms with Gasteiger partial charge in [-0.2, -0.15) is 0 Å². The molecule has 1 heterocycles. The molecule has 7 heteroatoms. The number of carbonyl (C=O) groups excluding carboxylic acids is 2. The summed E-state index contributed by atoms with van der Waals surface area (Å²) in [6.45, 7) is 1.78. The van der Waals surface area contributed by atoms with Crippen LogP contribution in [-0.4, -0.2) is 23.0 Å². The van der Waals surface area contributed by atoms with Crippen molar-refractivity contribution in [1.29, 1.82) is 0 Å². The van der Waals surface area contributed by atoms with E-state index in [0.29, 0.717) is 45.1 Å². The van der Waals surface area contributed by atoms with Gasteiger partial charge in [0.25, 0.3) is 5.91 Å². The molecule has 4 aromatic carbocycles. The molecule has 5 aromatic rings. The summed E-state index contributed by atoms with van der Waals surface area (Å²) < 4.78 is 11.6. The Labute approximate surface area is 206 Å². The van der Waals surface area contributed by atoms with Crippen LogP contribution in [-0.2, 0) is 9.53 Å². The molecule has 6 nitrogen and oxygen atoms in total. The number of oxazole rings is 1. The minimum absolute atomic E-state index is 0.306. The summed E-state index contributed by atoms with van der Waals surface area (Å²) in [6, 6.07) is 25.3. The van der Waals surface area contributed by atoms with Crippen LogP contribution in [0.5, 0.6) is 0 Å². The van der Waals surface area contributed by atoms with E-state index < -0.39 is 18.0 Å². The first-order chi connectivity index (χ1) is 17.0. The Bertz CT molecular complexity index is 1520. The SMILES string of the molecule is CCC(OC(=O)c1cccc2cccc(-c3nc4ccccc4o3)c12)C(=O)Nc1cccc(Cl)c1. The normalized spacial score (nSPS) is 11.9. The number of amides is 1. The number of ether oxygens (including phenoxy) is 1. The number of anilines is 1. The van der Waals surface area contributed by atoms with Crippen LogP contribution in [0.3, 0.4) is 0 Å². The zero-order valence-electron chi connectivity index (χ0n) is 18.8. The topological polar surface area (TPSA) is 81.4 Å². The van der Waals surface area contributed by atoms with Gasteiger partial charge >= 0.3 is 5.97 Å². The fourth-order valence-electron chi connectivity index (χ4n) is 3.98. The van der Waals surface area contributed by atoms with Crippen molar-refractivity contribution >= 4 is 51.0 Å². The van der Waals surface area contributed by atoms with Crippen LogP contribution < -0.4 is 5.32 Å². The Kier molecular flexibility index (Phi) is 6.21. The van der Waals surface area contributed by atoms with E-state index in [2.05, 4.69) is 10.3 Å². The molecule has 5 rings (SSSR count). The van der Waals surface area contributed by atoms with Crippen molar-refractivity contribution in [3.05, 3.63) is 95.5 Å². The van der Waals surface area contributed by atoms with Gasteiger partial charge in [0.1, 0.15) is 5.52 Å². The molecule has 1 amide bonds. The summed E-state index contributed by atoms with van der Waals surface area (Å²) in [6.07, 6.45) is -0.672. The van der Waals surface area contributed by atoms with E-state index in [-0.39, 0.29) is 0 Å². The average molecular weight is 485 g/mol. The molecule has 0 radical (unpaired) electrons. The molecule has 0 saturated carbocycles. The third-order valence-electron chi connectivity index (χ3n) is 5.65. The first-order valence-corrected chi connectivity index (χ1v) is 11.6. The maximum absolute atomic E-state index is 13.3. The fraction of sp³-hybridized carbons (Fsp3) is 0.107. The van der Waals surface area contributed by atoms with Gasteiger partial charge in [0, 0.05) is 21.7 Å². The van der Waals surface area contributed by atoms with Crippen molar-refractivity contribution in [2.24, 2.45) is 0 Å². The minimum atomic E-state index is -0.978. The second kappa shape index (κ2) is 9.60. The van der Waals surface area contributed by atoms with Crippen molar-refractivity contribution in [3.8, 4) is 11.5 Å². The van der Waals surface area contributed by atoms with E-state index >= 15 is 0 Å². The van der Waals surface area contributed by atoms with Gasteiger partial charge in [0.15, 0.2) is 11.7 Å². The summed E-state index contributed by atoms with van der Waals surface area (Å²) in [5.41, 5.74) is 2.91. The smallest absolute Gasteiger partial charge is 0.339 e. The number of halogens is 1. The molecular formula is C28H21ClN2O4. The lowest BCUT2D eigenvalue weighted by atomic mass is 9.99. The second-order valence-electron chi connectivity index (χ2n) is 8.00. The Morgan fingerprint density at radius 1 is 1.00 bits per heavy atom.